The van der Waals surface area contributed by atoms with Gasteiger partial charge in [-0.1, -0.05) is 0 Å². The Morgan fingerprint density at radius 2 is 1.54 bits per heavy atom. The van der Waals surface area contributed by atoms with Crippen molar-refractivity contribution in [2.24, 2.45) is 7.05 Å². The van der Waals surface area contributed by atoms with Gasteiger partial charge in [0.1, 0.15) is 22.2 Å². The van der Waals surface area contributed by atoms with Crippen LogP contribution in [0, 0.1) is 0 Å². The van der Waals surface area contributed by atoms with E-state index in [0.717, 1.165) is 0 Å². The number of imidazole rings is 1. The van der Waals surface area contributed by atoms with Gasteiger partial charge in [0.25, 0.3) is 0 Å². The number of carbonyl (C=O) groups is 2. The Kier molecular flexibility index (Phi) is 5.21. The van der Waals surface area contributed by atoms with Gasteiger partial charge in [-0.2, -0.15) is 0 Å². The van der Waals surface area contributed by atoms with Gasteiger partial charge in [-0.05, 0) is 0 Å². The highest BCUT2D eigenvalue weighted by molar-refractivity contribution is 6.12. The third kappa shape index (κ3) is 2.96. The summed E-state index contributed by atoms with van der Waals surface area (Å²) in [5, 5.41) is 19.0. The van der Waals surface area contributed by atoms with Crippen molar-refractivity contribution in [2.45, 2.75) is 0 Å². The minimum absolute atomic E-state index is 0.142. The van der Waals surface area contributed by atoms with Crippen LogP contribution >= 0.6 is 0 Å². The largest absolute Gasteiger partial charge is 0.478 e. The van der Waals surface area contributed by atoms with Crippen molar-refractivity contribution in [3.8, 4) is 11.5 Å². The predicted molar refractivity (Wildman–Crippen MR) is 79.6 cm³/mol. The molecule has 1 aromatic carbocycles. The lowest BCUT2D eigenvalue weighted by Crippen LogP contribution is -2.16. The van der Waals surface area contributed by atoms with Gasteiger partial charge >= 0.3 is 11.9 Å². The Labute approximate surface area is 136 Å². The lowest BCUT2D eigenvalue weighted by Gasteiger charge is -2.16. The number of aromatic nitrogens is 2. The number of ether oxygens (including phenoxy) is 4. The van der Waals surface area contributed by atoms with Crippen molar-refractivity contribution >= 4 is 23.0 Å². The van der Waals surface area contributed by atoms with Crippen LogP contribution in [0.5, 0.6) is 11.5 Å². The molecule has 0 amide bonds. The highest BCUT2D eigenvalue weighted by atomic mass is 16.7. The maximum Gasteiger partial charge on any atom is 0.340 e. The maximum absolute atomic E-state index is 11.7. The van der Waals surface area contributed by atoms with E-state index in [2.05, 4.69) is 4.98 Å². The van der Waals surface area contributed by atoms with Gasteiger partial charge in [0, 0.05) is 21.3 Å². The van der Waals surface area contributed by atoms with Crippen LogP contribution in [0.25, 0.3) is 11.0 Å². The Morgan fingerprint density at radius 3 is 2.04 bits per heavy atom. The fourth-order valence-electron chi connectivity index (χ4n) is 2.25. The zero-order valence-corrected chi connectivity index (χ0v) is 13.2. The number of carboxylic acids is 2. The number of fused-ring (bicyclic) bond motifs is 1. The average Bonchev–Trinajstić information content (AvgIpc) is 2.91. The molecule has 130 valence electrons. The Hall–Kier alpha value is -2.85. The molecule has 0 spiro atoms. The Morgan fingerprint density at radius 1 is 1.04 bits per heavy atom. The molecule has 0 bridgehead atoms. The number of hydrogen-bond donors (Lipinski definition) is 2. The summed E-state index contributed by atoms with van der Waals surface area (Å²) in [5.41, 5.74) is -0.720. The number of nitrogens with zero attached hydrogens (tertiary/aromatic N) is 2. The summed E-state index contributed by atoms with van der Waals surface area (Å²) < 4.78 is 21.7. The predicted octanol–water partition coefficient (Wildman–Crippen LogP) is 0.935. The topological polar surface area (TPSA) is 129 Å². The van der Waals surface area contributed by atoms with Crippen LogP contribution in [0.2, 0.25) is 0 Å². The number of aromatic carboxylic acids is 2. The fourth-order valence-corrected chi connectivity index (χ4v) is 2.25. The second kappa shape index (κ2) is 7.15. The summed E-state index contributed by atoms with van der Waals surface area (Å²) in [6.07, 6.45) is 1.39. The summed E-state index contributed by atoms with van der Waals surface area (Å²) in [6, 6.07) is 0. The maximum atomic E-state index is 11.7. The molecule has 0 fully saturated rings. The van der Waals surface area contributed by atoms with Crippen LogP contribution in [0.3, 0.4) is 0 Å². The third-order valence-electron chi connectivity index (χ3n) is 3.14. The molecular formula is C14H16N2O8. The van der Waals surface area contributed by atoms with Crippen molar-refractivity contribution < 1.29 is 38.7 Å². The van der Waals surface area contributed by atoms with Gasteiger partial charge < -0.3 is 33.7 Å². The second-order valence-corrected chi connectivity index (χ2v) is 4.67. The summed E-state index contributed by atoms with van der Waals surface area (Å²) in [6.45, 7) is -0.540. The van der Waals surface area contributed by atoms with Gasteiger partial charge in [0.05, 0.1) is 6.33 Å². The number of carboxylic acid groups (broad SMARTS) is 2. The normalized spacial score (nSPS) is 10.8. The minimum atomic E-state index is -1.49. The first-order chi connectivity index (χ1) is 11.4. The molecule has 2 N–H and O–H groups in total. The van der Waals surface area contributed by atoms with Crippen LogP contribution in [0.4, 0.5) is 0 Å². The van der Waals surface area contributed by atoms with Crippen molar-refractivity contribution in [1.29, 1.82) is 0 Å². The molecule has 2 aromatic rings. The molecule has 0 aliphatic carbocycles. The van der Waals surface area contributed by atoms with Gasteiger partial charge in [-0.15, -0.1) is 0 Å². The van der Waals surface area contributed by atoms with Crippen molar-refractivity contribution in [3.63, 3.8) is 0 Å². The Balaban J connectivity index is 2.91. The zero-order chi connectivity index (χ0) is 17.9. The number of aryl methyl sites for hydroxylation is 1. The van der Waals surface area contributed by atoms with E-state index in [1.54, 1.807) is 7.05 Å². The van der Waals surface area contributed by atoms with E-state index in [1.807, 2.05) is 0 Å². The van der Waals surface area contributed by atoms with Gasteiger partial charge in [-0.3, -0.25) is 0 Å². The molecule has 0 saturated carbocycles. The molecule has 1 aromatic heterocycles. The molecule has 2 rings (SSSR count). The van der Waals surface area contributed by atoms with E-state index >= 15 is 0 Å². The zero-order valence-electron chi connectivity index (χ0n) is 13.2. The lowest BCUT2D eigenvalue weighted by atomic mass is 10.0. The highest BCUT2D eigenvalue weighted by Gasteiger charge is 2.32. The van der Waals surface area contributed by atoms with E-state index in [9.17, 15) is 19.8 Å². The molecule has 24 heavy (non-hydrogen) atoms. The smallest absolute Gasteiger partial charge is 0.340 e. The van der Waals surface area contributed by atoms with Crippen LogP contribution in [0.1, 0.15) is 20.7 Å². The summed E-state index contributed by atoms with van der Waals surface area (Å²) >= 11 is 0. The molecule has 0 unspecified atom stereocenters. The van der Waals surface area contributed by atoms with Crippen LogP contribution in [-0.2, 0) is 16.5 Å². The fraction of sp³-hybridized carbons (Fsp3) is 0.357. The summed E-state index contributed by atoms with van der Waals surface area (Å²) in [4.78, 5) is 27.5. The van der Waals surface area contributed by atoms with E-state index in [-0.39, 0.29) is 36.1 Å². The van der Waals surface area contributed by atoms with Crippen LogP contribution in [0.15, 0.2) is 6.33 Å². The van der Waals surface area contributed by atoms with Crippen molar-refractivity contribution in [2.75, 3.05) is 27.8 Å². The first kappa shape index (κ1) is 17.5. The molecule has 0 radical (unpaired) electrons. The van der Waals surface area contributed by atoms with E-state index in [1.165, 1.54) is 25.1 Å². The lowest BCUT2D eigenvalue weighted by molar-refractivity contribution is 0.0447. The molecule has 0 atom stereocenters. The molecule has 10 heteroatoms. The summed E-state index contributed by atoms with van der Waals surface area (Å²) in [7, 11) is 4.32. The SMILES string of the molecule is COCOc1c(C(=O)O)c(C(=O)O)c(OCOC)c2c1ncn2C. The molecule has 0 aliphatic heterocycles. The number of rotatable bonds is 8. The molecular weight excluding hydrogens is 324 g/mol. The van der Waals surface area contributed by atoms with Gasteiger partial charge in [0.15, 0.2) is 25.1 Å². The molecule has 0 saturated heterocycles. The monoisotopic (exact) mass is 340 g/mol. The van der Waals surface area contributed by atoms with Gasteiger partial charge in [0.2, 0.25) is 0 Å². The number of benzene rings is 1. The average molecular weight is 340 g/mol. The number of hydrogen-bond acceptors (Lipinski definition) is 7. The van der Waals surface area contributed by atoms with E-state index in [4.69, 9.17) is 18.9 Å². The molecule has 1 heterocycles. The highest BCUT2D eigenvalue weighted by Crippen LogP contribution is 2.40. The quantitative estimate of drug-likeness (QED) is 0.674. The standard InChI is InChI=1S/C14H16N2O8/c1-16-4-15-9-10(16)12(24-6-22-3)8(14(19)20)7(13(17)18)11(9)23-5-21-2/h4H,5-6H2,1-3H3,(H,17,18)(H,19,20). The Bertz CT molecular complexity index is 783. The van der Waals surface area contributed by atoms with E-state index < -0.39 is 23.1 Å². The molecule has 0 aliphatic rings. The van der Waals surface area contributed by atoms with Crippen LogP contribution < -0.4 is 9.47 Å². The van der Waals surface area contributed by atoms with Crippen molar-refractivity contribution in [1.82, 2.24) is 9.55 Å². The molecule has 10 nitrogen and oxygen atoms in total. The van der Waals surface area contributed by atoms with Crippen LogP contribution in [-0.4, -0.2) is 59.5 Å². The van der Waals surface area contributed by atoms with Crippen molar-refractivity contribution in [3.05, 3.63) is 17.5 Å². The third-order valence-corrected chi connectivity index (χ3v) is 3.14. The van der Waals surface area contributed by atoms with E-state index in [0.29, 0.717) is 0 Å². The van der Waals surface area contributed by atoms with Gasteiger partial charge in [-0.25, -0.2) is 14.6 Å². The number of methoxy groups -OCH3 is 2. The second-order valence-electron chi connectivity index (χ2n) is 4.67. The first-order valence-corrected chi connectivity index (χ1v) is 6.65. The first-order valence-electron chi connectivity index (χ1n) is 6.65. The minimum Gasteiger partial charge on any atom is -0.478 e. The summed E-state index contributed by atoms with van der Waals surface area (Å²) in [5.74, 6) is -3.35.